The number of hydrogen-bond acceptors (Lipinski definition) is 3. The minimum Gasteiger partial charge on any atom is -0.321 e. The third-order valence-corrected chi connectivity index (χ3v) is 1.78. The monoisotopic (exact) mass is 171 g/mol. The first kappa shape index (κ1) is 7.82. The van der Waals surface area contributed by atoms with Crippen molar-refractivity contribution in [2.75, 3.05) is 4.72 Å². The molecule has 0 amide bonds. The van der Waals surface area contributed by atoms with Crippen molar-refractivity contribution in [3.8, 4) is 0 Å². The van der Waals surface area contributed by atoms with Gasteiger partial charge in [0.1, 0.15) is 0 Å². The van der Waals surface area contributed by atoms with Gasteiger partial charge in [-0.1, -0.05) is 23.8 Å². The summed E-state index contributed by atoms with van der Waals surface area (Å²) in [5.74, 6) is 0. The molecule has 54 valence electrons. The summed E-state index contributed by atoms with van der Waals surface area (Å²) < 4.78 is 3.03. The lowest BCUT2D eigenvalue weighted by Crippen LogP contribution is -1.81. The molecule has 0 unspecified atom stereocenters. The highest BCUT2D eigenvalue weighted by Crippen LogP contribution is 2.15. The van der Waals surface area contributed by atoms with Crippen molar-refractivity contribution in [1.29, 1.82) is 0 Å². The predicted octanol–water partition coefficient (Wildman–Crippen LogP) is 2.90. The summed E-state index contributed by atoms with van der Waals surface area (Å²) in [5.41, 5.74) is 2.35. The zero-order valence-corrected chi connectivity index (χ0v) is 7.38. The Hall–Kier alpha value is -0.280. The largest absolute Gasteiger partial charge is 0.321 e. The van der Waals surface area contributed by atoms with Crippen LogP contribution < -0.4 is 4.72 Å². The van der Waals surface area contributed by atoms with Gasteiger partial charge in [0, 0.05) is 16.7 Å². The Bertz CT molecular complexity index is 213. The number of hydrogen-bond donors (Lipinski definition) is 2. The molecule has 0 atom stereocenters. The van der Waals surface area contributed by atoms with Gasteiger partial charge in [-0.2, -0.15) is 0 Å². The van der Waals surface area contributed by atoms with Crippen LogP contribution >= 0.6 is 22.6 Å². The second kappa shape index (κ2) is 3.78. The third kappa shape index (κ3) is 2.15. The molecule has 1 nitrogen and oxygen atoms in total. The fourth-order valence-corrected chi connectivity index (χ4v) is 1.31. The van der Waals surface area contributed by atoms with E-state index in [9.17, 15) is 0 Å². The fourth-order valence-electron chi connectivity index (χ4n) is 0.761. The summed E-state index contributed by atoms with van der Waals surface area (Å²) in [4.78, 5) is 0. The summed E-state index contributed by atoms with van der Waals surface area (Å²) >= 11 is 3.97. The highest BCUT2D eigenvalue weighted by atomic mass is 33.1. The number of rotatable bonds is 2. The van der Waals surface area contributed by atoms with Crippen LogP contribution in [0.3, 0.4) is 0 Å². The molecule has 0 aliphatic heterocycles. The smallest absolute Gasteiger partial charge is 0.0450 e. The molecule has 0 spiro atoms. The lowest BCUT2D eigenvalue weighted by Gasteiger charge is -2.00. The van der Waals surface area contributed by atoms with Crippen LogP contribution in [0.1, 0.15) is 5.56 Å². The SMILES string of the molecule is Cc1cccc(NSS)c1. The zero-order valence-electron chi connectivity index (χ0n) is 5.66. The average Bonchev–Trinajstić information content (AvgIpc) is 1.88. The minimum atomic E-state index is 1.10. The minimum absolute atomic E-state index is 1.10. The molecule has 0 bridgehead atoms. The molecule has 0 radical (unpaired) electrons. The lowest BCUT2D eigenvalue weighted by molar-refractivity contribution is 1.47. The van der Waals surface area contributed by atoms with E-state index in [0.717, 1.165) is 5.69 Å². The number of anilines is 1. The van der Waals surface area contributed by atoms with E-state index in [2.05, 4.69) is 35.4 Å². The van der Waals surface area contributed by atoms with Gasteiger partial charge >= 0.3 is 0 Å². The van der Waals surface area contributed by atoms with E-state index >= 15 is 0 Å². The van der Waals surface area contributed by atoms with Crippen LogP contribution in [0.2, 0.25) is 0 Å². The molecule has 0 heterocycles. The lowest BCUT2D eigenvalue weighted by atomic mass is 10.2. The van der Waals surface area contributed by atoms with Gasteiger partial charge in [0.2, 0.25) is 0 Å². The van der Waals surface area contributed by atoms with Gasteiger partial charge in [0.25, 0.3) is 0 Å². The van der Waals surface area contributed by atoms with Crippen molar-refractivity contribution in [3.05, 3.63) is 29.8 Å². The van der Waals surface area contributed by atoms with E-state index < -0.39 is 0 Å². The van der Waals surface area contributed by atoms with Crippen molar-refractivity contribution < 1.29 is 0 Å². The first-order valence-corrected chi connectivity index (χ1v) is 4.83. The Morgan fingerprint density at radius 2 is 2.30 bits per heavy atom. The van der Waals surface area contributed by atoms with Gasteiger partial charge in [-0.25, -0.2) is 0 Å². The molecular weight excluding hydrogens is 162 g/mol. The first-order chi connectivity index (χ1) is 4.83. The van der Waals surface area contributed by atoms with Crippen molar-refractivity contribution in [2.45, 2.75) is 6.92 Å². The van der Waals surface area contributed by atoms with E-state index in [-0.39, 0.29) is 0 Å². The summed E-state index contributed by atoms with van der Waals surface area (Å²) in [7, 11) is 1.31. The van der Waals surface area contributed by atoms with E-state index in [1.165, 1.54) is 16.5 Å². The van der Waals surface area contributed by atoms with Crippen LogP contribution in [0.5, 0.6) is 0 Å². The van der Waals surface area contributed by atoms with Gasteiger partial charge in [0.05, 0.1) is 0 Å². The van der Waals surface area contributed by atoms with Crippen LogP contribution in [-0.4, -0.2) is 0 Å². The predicted molar refractivity (Wildman–Crippen MR) is 51.4 cm³/mol. The molecule has 0 saturated carbocycles. The molecular formula is C7H9NS2. The average molecular weight is 171 g/mol. The van der Waals surface area contributed by atoms with E-state index in [0.29, 0.717) is 0 Å². The maximum absolute atomic E-state index is 3.97. The van der Waals surface area contributed by atoms with Crippen LogP contribution in [0, 0.1) is 6.92 Å². The maximum Gasteiger partial charge on any atom is 0.0450 e. The standard InChI is InChI=1S/C7H9NS2/c1-6-3-2-4-7(5-6)8-10-9/h2-5,8-9H,1H3. The molecule has 0 aromatic heterocycles. The zero-order chi connectivity index (χ0) is 7.40. The second-order valence-corrected chi connectivity index (χ2v) is 3.00. The molecule has 10 heavy (non-hydrogen) atoms. The summed E-state index contributed by atoms with van der Waals surface area (Å²) in [6.07, 6.45) is 0. The van der Waals surface area contributed by atoms with Crippen molar-refractivity contribution >= 4 is 28.3 Å². The number of benzene rings is 1. The molecule has 0 aliphatic carbocycles. The van der Waals surface area contributed by atoms with Gasteiger partial charge in [-0.15, -0.1) is 0 Å². The van der Waals surface area contributed by atoms with Crippen LogP contribution in [0.25, 0.3) is 0 Å². The van der Waals surface area contributed by atoms with Crippen molar-refractivity contribution in [1.82, 2.24) is 0 Å². The first-order valence-electron chi connectivity index (χ1n) is 2.96. The molecule has 3 heteroatoms. The Balaban J connectivity index is 2.75. The topological polar surface area (TPSA) is 12.0 Å². The Morgan fingerprint density at radius 1 is 1.50 bits per heavy atom. The molecule has 1 N–H and O–H groups in total. The normalized spacial score (nSPS) is 9.40. The van der Waals surface area contributed by atoms with Crippen LogP contribution in [0.15, 0.2) is 24.3 Å². The van der Waals surface area contributed by atoms with E-state index in [1.807, 2.05) is 12.1 Å². The van der Waals surface area contributed by atoms with E-state index in [4.69, 9.17) is 0 Å². The molecule has 1 aromatic rings. The van der Waals surface area contributed by atoms with E-state index in [1.54, 1.807) is 0 Å². The molecule has 0 aliphatic rings. The van der Waals surface area contributed by atoms with Gasteiger partial charge in [0.15, 0.2) is 0 Å². The maximum atomic E-state index is 3.97. The quantitative estimate of drug-likeness (QED) is 0.403. The van der Waals surface area contributed by atoms with Gasteiger partial charge in [-0.05, 0) is 24.6 Å². The second-order valence-electron chi connectivity index (χ2n) is 2.06. The Labute approximate surface area is 70.2 Å². The van der Waals surface area contributed by atoms with Crippen molar-refractivity contribution in [3.63, 3.8) is 0 Å². The number of thiol groups is 1. The van der Waals surface area contributed by atoms with Crippen LogP contribution in [0.4, 0.5) is 5.69 Å². The molecule has 0 fully saturated rings. The summed E-state index contributed by atoms with van der Waals surface area (Å²) in [5, 5.41) is 0. The number of aryl methyl sites for hydroxylation is 1. The van der Waals surface area contributed by atoms with Crippen molar-refractivity contribution in [2.24, 2.45) is 0 Å². The third-order valence-electron chi connectivity index (χ3n) is 1.18. The summed E-state index contributed by atoms with van der Waals surface area (Å²) in [6.45, 7) is 2.06. The fraction of sp³-hybridized carbons (Fsp3) is 0.143. The summed E-state index contributed by atoms with van der Waals surface area (Å²) in [6, 6.07) is 8.16. The Kier molecular flexibility index (Phi) is 2.96. The number of nitrogens with one attached hydrogen (secondary N) is 1. The highest BCUT2D eigenvalue weighted by Gasteiger charge is 1.87. The van der Waals surface area contributed by atoms with Gasteiger partial charge < -0.3 is 4.72 Å². The molecule has 1 rings (SSSR count). The molecule has 0 saturated heterocycles. The highest BCUT2D eigenvalue weighted by molar-refractivity contribution is 8.69. The van der Waals surface area contributed by atoms with Crippen LogP contribution in [-0.2, 0) is 0 Å². The molecule has 1 aromatic carbocycles. The Morgan fingerprint density at radius 3 is 2.90 bits per heavy atom. The van der Waals surface area contributed by atoms with Gasteiger partial charge in [-0.3, -0.25) is 0 Å².